The number of carbonyl (C=O) groups is 2. The number of carboxylic acid groups (broad SMARTS) is 1. The van der Waals surface area contributed by atoms with Gasteiger partial charge < -0.3 is 20.3 Å². The lowest BCUT2D eigenvalue weighted by atomic mass is 9.88. The van der Waals surface area contributed by atoms with Crippen molar-refractivity contribution >= 4 is 11.9 Å². The number of amides is 1. The fraction of sp³-hybridized carbons (Fsp3) is 0.818. The van der Waals surface area contributed by atoms with E-state index in [0.717, 1.165) is 0 Å². The van der Waals surface area contributed by atoms with E-state index in [2.05, 4.69) is 5.32 Å². The van der Waals surface area contributed by atoms with Crippen molar-refractivity contribution in [2.45, 2.75) is 39.0 Å². The average Bonchev–Trinajstić information content (AvgIpc) is 2.49. The van der Waals surface area contributed by atoms with Crippen LogP contribution in [0.2, 0.25) is 0 Å². The summed E-state index contributed by atoms with van der Waals surface area (Å²) in [6.07, 6.45) is -0.272. The molecule has 3 N–H and O–H groups in total. The molecule has 0 aliphatic carbocycles. The van der Waals surface area contributed by atoms with Gasteiger partial charge in [-0.05, 0) is 19.8 Å². The van der Waals surface area contributed by atoms with Gasteiger partial charge in [-0.1, -0.05) is 6.92 Å². The smallest absolute Gasteiger partial charge is 0.328 e. The number of carboxylic acids is 1. The highest BCUT2D eigenvalue weighted by atomic mass is 16.5. The van der Waals surface area contributed by atoms with Gasteiger partial charge in [-0.25, -0.2) is 4.79 Å². The Morgan fingerprint density at radius 1 is 1.29 bits per heavy atom. The standard InChI is InChI=1S/C11H19NO5/c1-5-6(2)17-7(3)9(5)10(14)12-8(4-13)11(15)16/h5-9,13H,4H2,1-3H3,(H,12,14)(H,15,16)/t5?,6?,7?,8-,9?/m0/s1. The average molecular weight is 245 g/mol. The summed E-state index contributed by atoms with van der Waals surface area (Å²) in [7, 11) is 0. The molecule has 0 saturated carbocycles. The summed E-state index contributed by atoms with van der Waals surface area (Å²) in [6, 6.07) is -1.25. The third kappa shape index (κ3) is 2.95. The monoisotopic (exact) mass is 245 g/mol. The minimum atomic E-state index is -1.25. The van der Waals surface area contributed by atoms with E-state index in [9.17, 15) is 9.59 Å². The molecule has 1 amide bonds. The Morgan fingerprint density at radius 2 is 1.88 bits per heavy atom. The summed E-state index contributed by atoms with van der Waals surface area (Å²) in [4.78, 5) is 22.6. The van der Waals surface area contributed by atoms with Gasteiger partial charge in [-0.3, -0.25) is 4.79 Å². The number of hydrogen-bond donors (Lipinski definition) is 3. The topological polar surface area (TPSA) is 95.9 Å². The Balaban J connectivity index is 2.67. The molecule has 0 aromatic carbocycles. The van der Waals surface area contributed by atoms with Gasteiger partial charge in [0.1, 0.15) is 6.04 Å². The second kappa shape index (κ2) is 5.46. The zero-order valence-electron chi connectivity index (χ0n) is 10.2. The normalized spacial score (nSPS) is 34.4. The predicted molar refractivity (Wildman–Crippen MR) is 59.3 cm³/mol. The molecule has 6 heteroatoms. The fourth-order valence-corrected chi connectivity index (χ4v) is 2.17. The van der Waals surface area contributed by atoms with Crippen LogP contribution in [-0.2, 0) is 14.3 Å². The van der Waals surface area contributed by atoms with Crippen LogP contribution in [0.4, 0.5) is 0 Å². The van der Waals surface area contributed by atoms with E-state index in [1.165, 1.54) is 0 Å². The number of aliphatic carboxylic acids is 1. The van der Waals surface area contributed by atoms with Gasteiger partial charge in [-0.2, -0.15) is 0 Å². The van der Waals surface area contributed by atoms with Crippen molar-refractivity contribution in [3.05, 3.63) is 0 Å². The molecule has 0 bridgehead atoms. The van der Waals surface area contributed by atoms with Crippen LogP contribution < -0.4 is 5.32 Å². The number of aliphatic hydroxyl groups excluding tert-OH is 1. The fourth-order valence-electron chi connectivity index (χ4n) is 2.17. The van der Waals surface area contributed by atoms with E-state index in [4.69, 9.17) is 14.9 Å². The van der Waals surface area contributed by atoms with Crippen molar-refractivity contribution in [3.63, 3.8) is 0 Å². The summed E-state index contributed by atoms with van der Waals surface area (Å²) in [5.74, 6) is -1.97. The molecule has 5 atom stereocenters. The van der Waals surface area contributed by atoms with Crippen molar-refractivity contribution in [2.24, 2.45) is 11.8 Å². The third-order valence-corrected chi connectivity index (χ3v) is 3.34. The van der Waals surface area contributed by atoms with Gasteiger partial charge in [0.25, 0.3) is 0 Å². The minimum absolute atomic E-state index is 0.0261. The number of nitrogens with one attached hydrogen (secondary N) is 1. The zero-order valence-corrected chi connectivity index (χ0v) is 10.2. The first-order valence-electron chi connectivity index (χ1n) is 5.68. The molecule has 1 rings (SSSR count). The Kier molecular flexibility index (Phi) is 4.47. The van der Waals surface area contributed by atoms with E-state index in [1.807, 2.05) is 13.8 Å². The number of rotatable bonds is 4. The highest BCUT2D eigenvalue weighted by molar-refractivity contribution is 5.85. The summed E-state index contributed by atoms with van der Waals surface area (Å²) in [5, 5.41) is 19.9. The Morgan fingerprint density at radius 3 is 2.24 bits per heavy atom. The summed E-state index contributed by atoms with van der Waals surface area (Å²) < 4.78 is 5.51. The van der Waals surface area contributed by atoms with Crippen LogP contribution in [0.15, 0.2) is 0 Å². The molecular weight excluding hydrogens is 226 g/mol. The Hall–Kier alpha value is -1.14. The molecule has 0 radical (unpaired) electrons. The van der Waals surface area contributed by atoms with Crippen molar-refractivity contribution in [2.75, 3.05) is 6.61 Å². The first kappa shape index (κ1) is 13.9. The van der Waals surface area contributed by atoms with Gasteiger partial charge in [0.05, 0.1) is 24.7 Å². The van der Waals surface area contributed by atoms with Gasteiger partial charge in [0.2, 0.25) is 5.91 Å². The highest BCUT2D eigenvalue weighted by Crippen LogP contribution is 2.32. The minimum Gasteiger partial charge on any atom is -0.480 e. The molecule has 0 aromatic rings. The lowest BCUT2D eigenvalue weighted by Crippen LogP contribution is -2.48. The lowest BCUT2D eigenvalue weighted by Gasteiger charge is -2.20. The number of hydrogen-bond acceptors (Lipinski definition) is 4. The first-order chi connectivity index (χ1) is 7.88. The predicted octanol–water partition coefficient (Wildman–Crippen LogP) is -0.392. The molecule has 1 aliphatic heterocycles. The van der Waals surface area contributed by atoms with Gasteiger partial charge in [-0.15, -0.1) is 0 Å². The third-order valence-electron chi connectivity index (χ3n) is 3.34. The zero-order chi connectivity index (χ0) is 13.2. The SMILES string of the molecule is CC1OC(C)C(C(=O)N[C@@H](CO)C(=O)O)C1C. The maximum absolute atomic E-state index is 11.9. The van der Waals surface area contributed by atoms with Gasteiger partial charge >= 0.3 is 5.97 Å². The largest absolute Gasteiger partial charge is 0.480 e. The van der Waals surface area contributed by atoms with Crippen molar-refractivity contribution in [1.82, 2.24) is 5.32 Å². The van der Waals surface area contributed by atoms with Crippen molar-refractivity contribution in [3.8, 4) is 0 Å². The quantitative estimate of drug-likeness (QED) is 0.626. The number of aliphatic hydroxyl groups is 1. The Labute approximate surface area is 100.0 Å². The van der Waals surface area contributed by atoms with Crippen LogP contribution in [0.25, 0.3) is 0 Å². The highest BCUT2D eigenvalue weighted by Gasteiger charge is 2.42. The second-order valence-electron chi connectivity index (χ2n) is 4.51. The van der Waals surface area contributed by atoms with Crippen molar-refractivity contribution < 1.29 is 24.5 Å². The molecule has 1 saturated heterocycles. The van der Waals surface area contributed by atoms with E-state index in [1.54, 1.807) is 6.92 Å². The summed E-state index contributed by atoms with van der Waals surface area (Å²) in [6.45, 7) is 4.95. The molecule has 17 heavy (non-hydrogen) atoms. The molecule has 1 fully saturated rings. The van der Waals surface area contributed by atoms with Crippen molar-refractivity contribution in [1.29, 1.82) is 0 Å². The van der Waals surface area contributed by atoms with Gasteiger partial charge in [0, 0.05) is 0 Å². The van der Waals surface area contributed by atoms with Crippen LogP contribution in [0.1, 0.15) is 20.8 Å². The van der Waals surface area contributed by atoms with Crippen LogP contribution in [0.3, 0.4) is 0 Å². The van der Waals surface area contributed by atoms with Gasteiger partial charge in [0.15, 0.2) is 0 Å². The van der Waals surface area contributed by atoms with Crippen LogP contribution >= 0.6 is 0 Å². The molecule has 1 heterocycles. The first-order valence-corrected chi connectivity index (χ1v) is 5.68. The van der Waals surface area contributed by atoms with E-state index in [0.29, 0.717) is 0 Å². The molecular formula is C11H19NO5. The Bertz CT molecular complexity index is 306. The molecule has 6 nitrogen and oxygen atoms in total. The molecule has 0 aromatic heterocycles. The summed E-state index contributed by atoms with van der Waals surface area (Å²) >= 11 is 0. The maximum Gasteiger partial charge on any atom is 0.328 e. The summed E-state index contributed by atoms with van der Waals surface area (Å²) in [5.41, 5.74) is 0. The number of carbonyl (C=O) groups excluding carboxylic acids is 1. The maximum atomic E-state index is 11.9. The van der Waals surface area contributed by atoms with Crippen LogP contribution in [-0.4, -0.2) is 46.9 Å². The van der Waals surface area contributed by atoms with Crippen LogP contribution in [0, 0.1) is 11.8 Å². The second-order valence-corrected chi connectivity index (χ2v) is 4.51. The molecule has 0 spiro atoms. The molecule has 98 valence electrons. The lowest BCUT2D eigenvalue weighted by molar-refractivity contribution is -0.144. The molecule has 1 aliphatic rings. The van der Waals surface area contributed by atoms with E-state index < -0.39 is 18.6 Å². The number of ether oxygens (including phenoxy) is 1. The van der Waals surface area contributed by atoms with E-state index in [-0.39, 0.29) is 30.0 Å². The van der Waals surface area contributed by atoms with E-state index >= 15 is 0 Å². The van der Waals surface area contributed by atoms with Crippen LogP contribution in [0.5, 0.6) is 0 Å². The molecule has 4 unspecified atom stereocenters.